The molecule has 0 aromatic carbocycles. The van der Waals surface area contributed by atoms with E-state index in [9.17, 15) is 0 Å². The molecule has 1 heterocycles. The maximum atomic E-state index is 5.24. The molecule has 0 saturated heterocycles. The second-order valence-electron chi connectivity index (χ2n) is 6.67. The number of aromatic nitrogens is 2. The summed E-state index contributed by atoms with van der Waals surface area (Å²) in [5.41, 5.74) is 0. The minimum absolute atomic E-state index is 0.370. The molecule has 24 heavy (non-hydrogen) atoms. The van der Waals surface area contributed by atoms with E-state index < -0.39 is 0 Å². The fraction of sp³-hybridized carbons (Fsp3) is 0.800. The third kappa shape index (κ3) is 12.6. The Kier molecular flexibility index (Phi) is 14.0. The van der Waals surface area contributed by atoms with E-state index in [0.29, 0.717) is 5.22 Å². The number of thiol groups is 1. The smallest absolute Gasteiger partial charge is 0.273 e. The lowest BCUT2D eigenvalue weighted by Crippen LogP contribution is -1.86. The molecule has 0 aliphatic carbocycles. The first kappa shape index (κ1) is 21.3. The molecule has 0 N–H and O–H groups in total. The second kappa shape index (κ2) is 15.7. The van der Waals surface area contributed by atoms with Crippen molar-refractivity contribution in [3.8, 4) is 0 Å². The molecule has 1 rings (SSSR count). The summed E-state index contributed by atoms with van der Waals surface area (Å²) in [6.07, 6.45) is 24.3. The summed E-state index contributed by atoms with van der Waals surface area (Å²) < 4.78 is 5.24. The van der Waals surface area contributed by atoms with Crippen LogP contribution in [-0.4, -0.2) is 10.2 Å². The molecule has 0 spiro atoms. The van der Waals surface area contributed by atoms with Crippen molar-refractivity contribution in [2.24, 2.45) is 0 Å². The topological polar surface area (TPSA) is 38.9 Å². The van der Waals surface area contributed by atoms with Gasteiger partial charge in [0.15, 0.2) is 0 Å². The Morgan fingerprint density at radius 1 is 0.750 bits per heavy atom. The van der Waals surface area contributed by atoms with Crippen LogP contribution in [0.5, 0.6) is 0 Å². The molecule has 1 aromatic heterocycles. The van der Waals surface area contributed by atoms with Gasteiger partial charge in [-0.1, -0.05) is 89.5 Å². The van der Waals surface area contributed by atoms with Crippen LogP contribution in [0.15, 0.2) is 21.8 Å². The van der Waals surface area contributed by atoms with Crippen molar-refractivity contribution in [3.63, 3.8) is 0 Å². The zero-order valence-electron chi connectivity index (χ0n) is 15.5. The fourth-order valence-corrected chi connectivity index (χ4v) is 3.02. The van der Waals surface area contributed by atoms with E-state index in [1.165, 1.54) is 83.5 Å². The van der Waals surface area contributed by atoms with Gasteiger partial charge in [-0.3, -0.25) is 0 Å². The van der Waals surface area contributed by atoms with Gasteiger partial charge in [0.05, 0.1) is 0 Å². The summed E-state index contributed by atoms with van der Waals surface area (Å²) in [6.45, 7) is 2.27. The van der Waals surface area contributed by atoms with Gasteiger partial charge in [0.1, 0.15) is 0 Å². The number of unbranched alkanes of at least 4 members (excludes halogenated alkanes) is 12. The average Bonchev–Trinajstić information content (AvgIpc) is 3.00. The van der Waals surface area contributed by atoms with Gasteiger partial charge in [-0.25, -0.2) is 0 Å². The van der Waals surface area contributed by atoms with Crippen LogP contribution in [0.4, 0.5) is 0 Å². The number of hydrogen-bond acceptors (Lipinski definition) is 4. The molecule has 4 heteroatoms. The van der Waals surface area contributed by atoms with E-state index >= 15 is 0 Å². The van der Waals surface area contributed by atoms with Crippen molar-refractivity contribution in [1.29, 1.82) is 0 Å². The molecule has 0 atom stereocenters. The lowest BCUT2D eigenvalue weighted by atomic mass is 10.1. The van der Waals surface area contributed by atoms with E-state index in [-0.39, 0.29) is 0 Å². The molecular formula is C20H36N2OS. The van der Waals surface area contributed by atoms with E-state index in [1.54, 1.807) is 0 Å². The molecule has 1 aromatic rings. The molecule has 0 aliphatic heterocycles. The highest BCUT2D eigenvalue weighted by molar-refractivity contribution is 7.80. The zero-order valence-corrected chi connectivity index (χ0v) is 16.4. The van der Waals surface area contributed by atoms with E-state index in [2.05, 4.69) is 41.9 Å². The number of rotatable bonds is 16. The Balaban J connectivity index is 1.76. The van der Waals surface area contributed by atoms with Gasteiger partial charge in [0.25, 0.3) is 5.22 Å². The highest BCUT2D eigenvalue weighted by Gasteiger charge is 2.01. The lowest BCUT2D eigenvalue weighted by molar-refractivity contribution is 0.408. The van der Waals surface area contributed by atoms with Crippen LogP contribution < -0.4 is 0 Å². The van der Waals surface area contributed by atoms with E-state index in [1.807, 2.05) is 0 Å². The summed E-state index contributed by atoms with van der Waals surface area (Å²) in [4.78, 5) is 0. The SMILES string of the molecule is CCCCCCCC/C=C\CCCCCCCCc1nnc(S)o1. The summed E-state index contributed by atoms with van der Waals surface area (Å²) >= 11 is 4.01. The monoisotopic (exact) mass is 352 g/mol. The predicted molar refractivity (Wildman–Crippen MR) is 105 cm³/mol. The van der Waals surface area contributed by atoms with E-state index in [0.717, 1.165) is 18.7 Å². The first-order chi connectivity index (χ1) is 11.8. The highest BCUT2D eigenvalue weighted by Crippen LogP contribution is 2.12. The van der Waals surface area contributed by atoms with Crippen LogP contribution in [0.25, 0.3) is 0 Å². The Morgan fingerprint density at radius 3 is 1.83 bits per heavy atom. The average molecular weight is 353 g/mol. The third-order valence-corrected chi connectivity index (χ3v) is 4.54. The lowest BCUT2D eigenvalue weighted by Gasteiger charge is -2.00. The zero-order chi connectivity index (χ0) is 17.3. The summed E-state index contributed by atoms with van der Waals surface area (Å²) in [7, 11) is 0. The van der Waals surface area contributed by atoms with Gasteiger partial charge in [-0.05, 0) is 32.1 Å². The Bertz CT molecular complexity index is 418. The maximum Gasteiger partial charge on any atom is 0.273 e. The van der Waals surface area contributed by atoms with Crippen molar-refractivity contribution >= 4 is 12.6 Å². The number of aryl methyl sites for hydroxylation is 1. The largest absolute Gasteiger partial charge is 0.416 e. The highest BCUT2D eigenvalue weighted by atomic mass is 32.1. The van der Waals surface area contributed by atoms with Crippen LogP contribution in [0.1, 0.15) is 103 Å². The van der Waals surface area contributed by atoms with Crippen LogP contribution >= 0.6 is 12.6 Å². The molecular weight excluding hydrogens is 316 g/mol. The molecule has 0 unspecified atom stereocenters. The van der Waals surface area contributed by atoms with Gasteiger partial charge in [-0.15, -0.1) is 10.2 Å². The molecule has 0 fully saturated rings. The summed E-state index contributed by atoms with van der Waals surface area (Å²) in [6, 6.07) is 0. The van der Waals surface area contributed by atoms with Crippen LogP contribution in [-0.2, 0) is 6.42 Å². The van der Waals surface area contributed by atoms with Gasteiger partial charge in [-0.2, -0.15) is 0 Å². The standard InChI is InChI=1S/C20H36N2OS/c1-2-3-4-5-6-7-8-9-10-11-12-13-14-15-16-17-18-19-21-22-20(24)23-19/h9-10H,2-8,11-18H2,1H3,(H,22,24)/b10-9-. The van der Waals surface area contributed by atoms with Crippen LogP contribution in [0.3, 0.4) is 0 Å². The van der Waals surface area contributed by atoms with Crippen LogP contribution in [0.2, 0.25) is 0 Å². The summed E-state index contributed by atoms with van der Waals surface area (Å²) in [5.74, 6) is 0.718. The molecule has 3 nitrogen and oxygen atoms in total. The molecule has 0 saturated carbocycles. The van der Waals surface area contributed by atoms with E-state index in [4.69, 9.17) is 4.42 Å². The van der Waals surface area contributed by atoms with Crippen molar-refractivity contribution in [1.82, 2.24) is 10.2 Å². The molecule has 0 bridgehead atoms. The number of allylic oxidation sites excluding steroid dienone is 2. The maximum absolute atomic E-state index is 5.24. The van der Waals surface area contributed by atoms with Crippen molar-refractivity contribution in [3.05, 3.63) is 18.0 Å². The van der Waals surface area contributed by atoms with Crippen molar-refractivity contribution < 1.29 is 4.42 Å². The fourth-order valence-electron chi connectivity index (χ4n) is 2.87. The Hall–Kier alpha value is -0.770. The number of hydrogen-bond donors (Lipinski definition) is 1. The third-order valence-electron chi connectivity index (χ3n) is 4.36. The van der Waals surface area contributed by atoms with Crippen molar-refractivity contribution in [2.75, 3.05) is 0 Å². The predicted octanol–water partition coefficient (Wildman–Crippen LogP) is 6.94. The van der Waals surface area contributed by atoms with Gasteiger partial charge < -0.3 is 4.42 Å². The quantitative estimate of drug-likeness (QED) is 0.199. The first-order valence-electron chi connectivity index (χ1n) is 9.99. The molecule has 0 amide bonds. The number of nitrogens with zero attached hydrogens (tertiary/aromatic N) is 2. The van der Waals surface area contributed by atoms with Gasteiger partial charge >= 0.3 is 0 Å². The Labute approximate surface area is 154 Å². The summed E-state index contributed by atoms with van der Waals surface area (Å²) in [5, 5.41) is 8.04. The second-order valence-corrected chi connectivity index (χ2v) is 7.05. The van der Waals surface area contributed by atoms with Gasteiger partial charge in [0, 0.05) is 6.42 Å². The molecule has 0 radical (unpaired) electrons. The normalized spacial score (nSPS) is 11.6. The first-order valence-corrected chi connectivity index (χ1v) is 10.4. The van der Waals surface area contributed by atoms with Crippen LogP contribution in [0, 0.1) is 0 Å². The molecule has 138 valence electrons. The van der Waals surface area contributed by atoms with Crippen molar-refractivity contribution in [2.45, 2.75) is 108 Å². The minimum Gasteiger partial charge on any atom is -0.416 e. The minimum atomic E-state index is 0.370. The Morgan fingerprint density at radius 2 is 1.29 bits per heavy atom. The molecule has 0 aliphatic rings. The van der Waals surface area contributed by atoms with Gasteiger partial charge in [0.2, 0.25) is 5.89 Å².